The Morgan fingerprint density at radius 2 is 2.07 bits per heavy atom. The van der Waals surface area contributed by atoms with Crippen molar-refractivity contribution < 1.29 is 19.1 Å². The number of aromatic amines is 1. The Morgan fingerprint density at radius 1 is 1.33 bits per heavy atom. The zero-order valence-corrected chi connectivity index (χ0v) is 15.5. The predicted octanol–water partition coefficient (Wildman–Crippen LogP) is 1.84. The van der Waals surface area contributed by atoms with Crippen molar-refractivity contribution in [1.82, 2.24) is 4.98 Å². The van der Waals surface area contributed by atoms with Crippen LogP contribution in [0.5, 0.6) is 5.75 Å². The number of rotatable bonds is 7. The molecule has 2 N–H and O–H groups in total. The third-order valence-electron chi connectivity index (χ3n) is 3.40. The summed E-state index contributed by atoms with van der Waals surface area (Å²) in [4.78, 5) is 37.8. The number of carbonyl (C=O) groups excluding carboxylic acids is 2. The second-order valence-corrected chi connectivity index (χ2v) is 6.32. The fourth-order valence-electron chi connectivity index (χ4n) is 2.16. The van der Waals surface area contributed by atoms with Crippen molar-refractivity contribution in [1.29, 1.82) is 5.26 Å². The minimum absolute atomic E-state index is 0.157. The first-order valence-corrected chi connectivity index (χ1v) is 8.78. The SMILES string of the molecule is COc1ccccc1NC(=O)COC(=O)CSc1[nH]c(=O)cc(C)c1C#N. The van der Waals surface area contributed by atoms with Crippen LogP contribution in [0.25, 0.3) is 0 Å². The molecule has 0 aliphatic rings. The quantitative estimate of drug-likeness (QED) is 0.549. The van der Waals surface area contributed by atoms with E-state index in [1.165, 1.54) is 13.2 Å². The molecule has 0 aliphatic carbocycles. The number of ether oxygens (including phenoxy) is 2. The Morgan fingerprint density at radius 3 is 2.78 bits per heavy atom. The van der Waals surface area contributed by atoms with Gasteiger partial charge in [0, 0.05) is 6.07 Å². The number of para-hydroxylation sites is 2. The molecule has 1 heterocycles. The number of thioether (sulfide) groups is 1. The highest BCUT2D eigenvalue weighted by Crippen LogP contribution is 2.23. The van der Waals surface area contributed by atoms with Crippen LogP contribution in [-0.4, -0.2) is 36.3 Å². The van der Waals surface area contributed by atoms with Crippen molar-refractivity contribution >= 4 is 29.3 Å². The standard InChI is InChI=1S/C18H17N3O5S/c1-11-7-15(22)21-18(12(11)8-19)27-10-17(24)26-9-16(23)20-13-5-3-4-6-14(13)25-2/h3-7H,9-10H2,1-2H3,(H,20,23)(H,21,22). The molecule has 0 aliphatic heterocycles. The van der Waals surface area contributed by atoms with Gasteiger partial charge in [0.05, 0.1) is 29.1 Å². The number of aryl methyl sites for hydroxylation is 1. The molecule has 2 rings (SSSR count). The molecular weight excluding hydrogens is 370 g/mol. The number of pyridine rings is 1. The van der Waals surface area contributed by atoms with E-state index in [0.717, 1.165) is 11.8 Å². The lowest BCUT2D eigenvalue weighted by molar-refractivity contribution is -0.144. The van der Waals surface area contributed by atoms with Gasteiger partial charge in [-0.25, -0.2) is 0 Å². The first kappa shape index (κ1) is 20.1. The number of esters is 1. The summed E-state index contributed by atoms with van der Waals surface area (Å²) in [5, 5.41) is 12.0. The topological polar surface area (TPSA) is 121 Å². The van der Waals surface area contributed by atoms with Gasteiger partial charge in [0.15, 0.2) is 6.61 Å². The first-order valence-electron chi connectivity index (χ1n) is 7.80. The largest absolute Gasteiger partial charge is 0.495 e. The van der Waals surface area contributed by atoms with E-state index < -0.39 is 18.5 Å². The smallest absolute Gasteiger partial charge is 0.316 e. The number of nitriles is 1. The highest BCUT2D eigenvalue weighted by Gasteiger charge is 2.13. The van der Waals surface area contributed by atoms with Crippen LogP contribution in [0.1, 0.15) is 11.1 Å². The third-order valence-corrected chi connectivity index (χ3v) is 4.37. The molecule has 0 fully saturated rings. The van der Waals surface area contributed by atoms with Crippen LogP contribution in [0.3, 0.4) is 0 Å². The Labute approximate surface area is 159 Å². The van der Waals surface area contributed by atoms with Gasteiger partial charge in [-0.3, -0.25) is 14.4 Å². The van der Waals surface area contributed by atoms with Crippen molar-refractivity contribution in [3.05, 3.63) is 51.8 Å². The van der Waals surface area contributed by atoms with E-state index in [0.29, 0.717) is 22.6 Å². The fraction of sp³-hybridized carbons (Fsp3) is 0.222. The minimum atomic E-state index is -0.651. The zero-order chi connectivity index (χ0) is 19.8. The Bertz CT molecular complexity index is 949. The predicted molar refractivity (Wildman–Crippen MR) is 99.8 cm³/mol. The van der Waals surface area contributed by atoms with Crippen molar-refractivity contribution in [3.63, 3.8) is 0 Å². The van der Waals surface area contributed by atoms with Gasteiger partial charge in [-0.1, -0.05) is 23.9 Å². The molecule has 0 bridgehead atoms. The van der Waals surface area contributed by atoms with Crippen molar-refractivity contribution in [3.8, 4) is 11.8 Å². The summed E-state index contributed by atoms with van der Waals surface area (Å²) in [6.45, 7) is 1.17. The molecule has 0 unspecified atom stereocenters. The first-order chi connectivity index (χ1) is 12.9. The average Bonchev–Trinajstić information content (AvgIpc) is 2.64. The van der Waals surface area contributed by atoms with Gasteiger partial charge in [-0.2, -0.15) is 5.26 Å². The van der Waals surface area contributed by atoms with Crippen LogP contribution < -0.4 is 15.6 Å². The summed E-state index contributed by atoms with van der Waals surface area (Å²) >= 11 is 0.965. The summed E-state index contributed by atoms with van der Waals surface area (Å²) in [7, 11) is 1.48. The van der Waals surface area contributed by atoms with Gasteiger partial charge < -0.3 is 19.8 Å². The van der Waals surface area contributed by atoms with Crippen molar-refractivity contribution in [2.24, 2.45) is 0 Å². The molecule has 2 aromatic rings. The van der Waals surface area contributed by atoms with Crippen LogP contribution in [0.4, 0.5) is 5.69 Å². The van der Waals surface area contributed by atoms with Crippen LogP contribution in [0.15, 0.2) is 40.2 Å². The fourth-order valence-corrected chi connectivity index (χ4v) is 3.03. The minimum Gasteiger partial charge on any atom is -0.495 e. The lowest BCUT2D eigenvalue weighted by Gasteiger charge is -2.10. The molecule has 1 amide bonds. The molecule has 0 saturated heterocycles. The number of hydrogen-bond donors (Lipinski definition) is 2. The van der Waals surface area contributed by atoms with E-state index in [1.807, 2.05) is 6.07 Å². The molecule has 0 atom stereocenters. The van der Waals surface area contributed by atoms with Gasteiger partial charge in [-0.05, 0) is 24.6 Å². The van der Waals surface area contributed by atoms with Gasteiger partial charge in [0.2, 0.25) is 5.56 Å². The van der Waals surface area contributed by atoms with E-state index in [2.05, 4.69) is 10.3 Å². The number of benzene rings is 1. The van der Waals surface area contributed by atoms with Gasteiger partial charge in [0.1, 0.15) is 11.8 Å². The molecule has 1 aromatic heterocycles. The number of nitrogens with one attached hydrogen (secondary N) is 2. The second-order valence-electron chi connectivity index (χ2n) is 5.33. The van der Waals surface area contributed by atoms with Gasteiger partial charge in [-0.15, -0.1) is 0 Å². The average molecular weight is 387 g/mol. The number of H-pyrrole nitrogens is 1. The number of amides is 1. The maximum atomic E-state index is 11.9. The van der Waals surface area contributed by atoms with Crippen LogP contribution in [0.2, 0.25) is 0 Å². The number of anilines is 1. The maximum absolute atomic E-state index is 11.9. The highest BCUT2D eigenvalue weighted by atomic mass is 32.2. The van der Waals surface area contributed by atoms with E-state index >= 15 is 0 Å². The van der Waals surface area contributed by atoms with Crippen molar-refractivity contribution in [2.45, 2.75) is 11.9 Å². The lowest BCUT2D eigenvalue weighted by Crippen LogP contribution is -2.22. The summed E-state index contributed by atoms with van der Waals surface area (Å²) in [6.07, 6.45) is 0. The maximum Gasteiger partial charge on any atom is 0.316 e. The van der Waals surface area contributed by atoms with Crippen molar-refractivity contribution in [2.75, 3.05) is 24.8 Å². The Balaban J connectivity index is 1.87. The van der Waals surface area contributed by atoms with E-state index in [-0.39, 0.29) is 16.3 Å². The molecule has 9 heteroatoms. The van der Waals surface area contributed by atoms with E-state index in [4.69, 9.17) is 14.7 Å². The molecule has 140 valence electrons. The van der Waals surface area contributed by atoms with Crippen LogP contribution in [0, 0.1) is 18.3 Å². The Hall–Kier alpha value is -3.25. The molecule has 27 heavy (non-hydrogen) atoms. The number of carbonyl (C=O) groups is 2. The molecule has 1 aromatic carbocycles. The van der Waals surface area contributed by atoms with Gasteiger partial charge >= 0.3 is 5.97 Å². The molecule has 0 spiro atoms. The molecule has 0 radical (unpaired) electrons. The number of nitrogens with zero attached hydrogens (tertiary/aromatic N) is 1. The van der Waals surface area contributed by atoms with Crippen LogP contribution in [-0.2, 0) is 14.3 Å². The summed E-state index contributed by atoms with van der Waals surface area (Å²) in [6, 6.07) is 10.1. The molecule has 0 saturated carbocycles. The Kier molecular flexibility index (Phi) is 7.02. The van der Waals surface area contributed by atoms with E-state index in [1.54, 1.807) is 31.2 Å². The zero-order valence-electron chi connectivity index (χ0n) is 14.7. The number of methoxy groups -OCH3 is 1. The second kappa shape index (κ2) is 9.45. The summed E-state index contributed by atoms with van der Waals surface area (Å²) in [5.74, 6) is -0.836. The number of aromatic nitrogens is 1. The van der Waals surface area contributed by atoms with Gasteiger partial charge in [0.25, 0.3) is 5.91 Å². The number of hydrogen-bond acceptors (Lipinski definition) is 7. The normalized spacial score (nSPS) is 9.96. The van der Waals surface area contributed by atoms with Crippen LogP contribution >= 0.6 is 11.8 Å². The molecule has 8 nitrogen and oxygen atoms in total. The monoisotopic (exact) mass is 387 g/mol. The third kappa shape index (κ3) is 5.62. The van der Waals surface area contributed by atoms with E-state index in [9.17, 15) is 14.4 Å². The summed E-state index contributed by atoms with van der Waals surface area (Å²) < 4.78 is 10.0. The lowest BCUT2D eigenvalue weighted by atomic mass is 10.2. The molecular formula is C18H17N3O5S. The highest BCUT2D eigenvalue weighted by molar-refractivity contribution is 7.99. The summed E-state index contributed by atoms with van der Waals surface area (Å²) in [5.41, 5.74) is 0.916.